The Kier molecular flexibility index (Phi) is 4.11. The molecule has 1 heterocycles. The van der Waals surface area contributed by atoms with Crippen LogP contribution in [0.4, 0.5) is 0 Å². The van der Waals surface area contributed by atoms with Crippen LogP contribution in [0.1, 0.15) is 36.2 Å². The summed E-state index contributed by atoms with van der Waals surface area (Å²) in [4.78, 5) is 21.7. The van der Waals surface area contributed by atoms with Crippen LogP contribution >= 0.6 is 11.6 Å². The number of hydrogen-bond acceptors (Lipinski definition) is 4. The van der Waals surface area contributed by atoms with E-state index < -0.39 is 0 Å². The van der Waals surface area contributed by atoms with Crippen molar-refractivity contribution < 1.29 is 4.79 Å². The Labute approximate surface area is 110 Å². The van der Waals surface area contributed by atoms with Crippen molar-refractivity contribution in [2.45, 2.75) is 31.7 Å². The van der Waals surface area contributed by atoms with Gasteiger partial charge in [-0.05, 0) is 12.8 Å². The van der Waals surface area contributed by atoms with E-state index >= 15 is 0 Å². The molecule has 94 valence electrons. The van der Waals surface area contributed by atoms with E-state index in [1.165, 1.54) is 12.4 Å². The summed E-state index contributed by atoms with van der Waals surface area (Å²) >= 11 is 5.72. The van der Waals surface area contributed by atoms with E-state index in [-0.39, 0.29) is 29.3 Å². The summed E-state index contributed by atoms with van der Waals surface area (Å²) in [5.74, 6) is -0.265. The van der Waals surface area contributed by atoms with Crippen molar-refractivity contribution >= 4 is 17.5 Å². The van der Waals surface area contributed by atoms with Gasteiger partial charge in [0.1, 0.15) is 17.4 Å². The Morgan fingerprint density at radius 1 is 1.50 bits per heavy atom. The van der Waals surface area contributed by atoms with Gasteiger partial charge in [-0.1, -0.05) is 24.4 Å². The summed E-state index contributed by atoms with van der Waals surface area (Å²) in [5.41, 5.74) is 0.199. The largest absolute Gasteiger partial charge is 0.321 e. The van der Waals surface area contributed by atoms with E-state index in [0.29, 0.717) is 0 Å². The predicted octanol–water partition coefficient (Wildman–Crippen LogP) is 2.04. The van der Waals surface area contributed by atoms with Gasteiger partial charge in [-0.3, -0.25) is 9.78 Å². The minimum absolute atomic E-state index is 0.0810. The van der Waals surface area contributed by atoms with E-state index in [1.807, 2.05) is 6.07 Å². The van der Waals surface area contributed by atoms with Gasteiger partial charge in [-0.2, -0.15) is 5.26 Å². The minimum Gasteiger partial charge on any atom is -0.321 e. The Hall–Kier alpha value is -1.67. The number of amides is 1. The molecule has 0 aromatic carbocycles. The Morgan fingerprint density at radius 3 is 2.83 bits per heavy atom. The van der Waals surface area contributed by atoms with E-state index in [1.54, 1.807) is 4.90 Å². The second kappa shape index (κ2) is 5.78. The van der Waals surface area contributed by atoms with Gasteiger partial charge in [-0.25, -0.2) is 4.98 Å². The molecule has 0 unspecified atom stereocenters. The molecule has 1 aromatic rings. The van der Waals surface area contributed by atoms with Gasteiger partial charge in [-0.15, -0.1) is 0 Å². The smallest absolute Gasteiger partial charge is 0.275 e. The summed E-state index contributed by atoms with van der Waals surface area (Å²) in [6.45, 7) is 0.0810. The molecule has 1 saturated carbocycles. The van der Waals surface area contributed by atoms with Crippen LogP contribution in [0.2, 0.25) is 5.15 Å². The Morgan fingerprint density at radius 2 is 2.22 bits per heavy atom. The van der Waals surface area contributed by atoms with E-state index in [9.17, 15) is 4.79 Å². The number of rotatable bonds is 3. The number of aromatic nitrogens is 2. The molecule has 0 saturated heterocycles. The highest BCUT2D eigenvalue weighted by Crippen LogP contribution is 2.24. The molecule has 1 aliphatic rings. The molecule has 0 N–H and O–H groups in total. The van der Waals surface area contributed by atoms with Crippen molar-refractivity contribution in [1.29, 1.82) is 5.26 Å². The zero-order valence-corrected chi connectivity index (χ0v) is 10.6. The third kappa shape index (κ3) is 2.77. The molecular formula is C12H13ClN4O. The lowest BCUT2D eigenvalue weighted by molar-refractivity contribution is 0.0703. The fourth-order valence-corrected chi connectivity index (χ4v) is 2.40. The topological polar surface area (TPSA) is 69.9 Å². The van der Waals surface area contributed by atoms with Crippen molar-refractivity contribution in [2.75, 3.05) is 6.54 Å². The molecule has 18 heavy (non-hydrogen) atoms. The molecule has 1 amide bonds. The predicted molar refractivity (Wildman–Crippen MR) is 65.9 cm³/mol. The lowest BCUT2D eigenvalue weighted by Crippen LogP contribution is -2.39. The first-order valence-corrected chi connectivity index (χ1v) is 6.25. The minimum atomic E-state index is -0.265. The van der Waals surface area contributed by atoms with Crippen LogP contribution in [-0.2, 0) is 0 Å². The number of nitrogens with zero attached hydrogens (tertiary/aromatic N) is 4. The molecule has 2 rings (SSSR count). The molecule has 0 spiro atoms. The maximum absolute atomic E-state index is 12.3. The lowest BCUT2D eigenvalue weighted by Gasteiger charge is -2.25. The summed E-state index contributed by atoms with van der Waals surface area (Å²) < 4.78 is 0. The Balaban J connectivity index is 2.20. The number of carbonyl (C=O) groups excluding carboxylic acids is 1. The first-order chi connectivity index (χ1) is 8.72. The number of halogens is 1. The second-order valence-electron chi connectivity index (χ2n) is 4.26. The zero-order valence-electron chi connectivity index (χ0n) is 9.84. The Bertz CT molecular complexity index is 479. The van der Waals surface area contributed by atoms with E-state index in [2.05, 4.69) is 9.97 Å². The number of carbonyl (C=O) groups is 1. The van der Waals surface area contributed by atoms with Gasteiger partial charge in [0, 0.05) is 6.04 Å². The average molecular weight is 265 g/mol. The summed E-state index contributed by atoms with van der Waals surface area (Å²) in [6.07, 6.45) is 6.85. The van der Waals surface area contributed by atoms with Gasteiger partial charge in [0.15, 0.2) is 0 Å². The first-order valence-electron chi connectivity index (χ1n) is 5.88. The summed E-state index contributed by atoms with van der Waals surface area (Å²) in [7, 11) is 0. The van der Waals surface area contributed by atoms with Crippen LogP contribution in [0.25, 0.3) is 0 Å². The van der Waals surface area contributed by atoms with Gasteiger partial charge in [0.05, 0.1) is 18.5 Å². The maximum Gasteiger partial charge on any atom is 0.275 e. The molecule has 5 nitrogen and oxygen atoms in total. The van der Waals surface area contributed by atoms with Crippen molar-refractivity contribution in [3.63, 3.8) is 0 Å². The van der Waals surface area contributed by atoms with Gasteiger partial charge >= 0.3 is 0 Å². The molecular weight excluding hydrogens is 252 g/mol. The van der Waals surface area contributed by atoms with Crippen LogP contribution in [-0.4, -0.2) is 33.4 Å². The molecule has 0 atom stereocenters. The van der Waals surface area contributed by atoms with Crippen LogP contribution < -0.4 is 0 Å². The molecule has 0 radical (unpaired) electrons. The third-order valence-corrected chi connectivity index (χ3v) is 3.27. The lowest BCUT2D eigenvalue weighted by atomic mass is 10.2. The van der Waals surface area contributed by atoms with Crippen LogP contribution in [0, 0.1) is 11.3 Å². The van der Waals surface area contributed by atoms with Crippen molar-refractivity contribution in [2.24, 2.45) is 0 Å². The molecule has 6 heteroatoms. The fraction of sp³-hybridized carbons (Fsp3) is 0.500. The van der Waals surface area contributed by atoms with E-state index in [4.69, 9.17) is 16.9 Å². The second-order valence-corrected chi connectivity index (χ2v) is 4.64. The van der Waals surface area contributed by atoms with E-state index in [0.717, 1.165) is 25.7 Å². The van der Waals surface area contributed by atoms with Crippen molar-refractivity contribution in [3.8, 4) is 6.07 Å². The highest BCUT2D eigenvalue weighted by Gasteiger charge is 2.28. The molecule has 1 aliphatic carbocycles. The van der Waals surface area contributed by atoms with Crippen LogP contribution in [0.5, 0.6) is 0 Å². The first kappa shape index (κ1) is 12.8. The highest BCUT2D eigenvalue weighted by molar-refractivity contribution is 6.29. The van der Waals surface area contributed by atoms with Crippen LogP contribution in [0.15, 0.2) is 12.4 Å². The van der Waals surface area contributed by atoms with Crippen LogP contribution in [0.3, 0.4) is 0 Å². The zero-order chi connectivity index (χ0) is 13.0. The summed E-state index contributed by atoms with van der Waals surface area (Å²) in [6, 6.07) is 2.17. The monoisotopic (exact) mass is 264 g/mol. The third-order valence-electron chi connectivity index (χ3n) is 3.09. The maximum atomic E-state index is 12.3. The van der Waals surface area contributed by atoms with Crippen molar-refractivity contribution in [3.05, 3.63) is 23.2 Å². The number of nitriles is 1. The van der Waals surface area contributed by atoms with Gasteiger partial charge in [0.25, 0.3) is 5.91 Å². The van der Waals surface area contributed by atoms with Crippen molar-refractivity contribution in [1.82, 2.24) is 14.9 Å². The molecule has 0 bridgehead atoms. The standard InChI is InChI=1S/C12H13ClN4O/c13-11-8-15-7-10(16-11)12(18)17(6-5-14)9-3-1-2-4-9/h7-9H,1-4,6H2. The average Bonchev–Trinajstić information content (AvgIpc) is 2.89. The normalized spacial score (nSPS) is 15.3. The number of hydrogen-bond donors (Lipinski definition) is 0. The fourth-order valence-electron chi connectivity index (χ4n) is 2.25. The molecule has 1 fully saturated rings. The molecule has 0 aliphatic heterocycles. The quantitative estimate of drug-likeness (QED) is 0.784. The molecule has 1 aromatic heterocycles. The highest BCUT2D eigenvalue weighted by atomic mass is 35.5. The van der Waals surface area contributed by atoms with Gasteiger partial charge < -0.3 is 4.90 Å². The van der Waals surface area contributed by atoms with Gasteiger partial charge in [0.2, 0.25) is 0 Å². The SMILES string of the molecule is N#CCN(C(=O)c1cncc(Cl)n1)C1CCCC1. The summed E-state index contributed by atoms with van der Waals surface area (Å²) in [5, 5.41) is 9.03.